The molecule has 1 aliphatic rings. The Morgan fingerprint density at radius 2 is 2.00 bits per heavy atom. The summed E-state index contributed by atoms with van der Waals surface area (Å²) in [5, 5.41) is 3.40. The first-order valence-corrected chi connectivity index (χ1v) is 7.97. The Morgan fingerprint density at radius 3 is 2.50 bits per heavy atom. The summed E-state index contributed by atoms with van der Waals surface area (Å²) in [4.78, 5) is 0. The molecule has 0 aliphatic carbocycles. The first kappa shape index (κ1) is 14.0. The predicted octanol–water partition coefficient (Wildman–Crippen LogP) is 1.84. The highest BCUT2D eigenvalue weighted by Crippen LogP contribution is 2.24. The molecule has 0 amide bonds. The Bertz CT molecular complexity index is 316. The fourth-order valence-corrected chi connectivity index (χ4v) is 3.50. The van der Waals surface area contributed by atoms with E-state index in [0.717, 1.165) is 19.4 Å². The molecule has 96 valence electrons. The maximum atomic E-state index is 11.5. The van der Waals surface area contributed by atoms with Crippen LogP contribution in [0, 0.1) is 11.3 Å². The summed E-state index contributed by atoms with van der Waals surface area (Å²) in [6.07, 6.45) is 1.81. The number of hydrogen-bond acceptors (Lipinski definition) is 3. The van der Waals surface area contributed by atoms with Gasteiger partial charge in [-0.25, -0.2) is 8.42 Å². The maximum Gasteiger partial charge on any atom is 0.151 e. The zero-order valence-corrected chi connectivity index (χ0v) is 11.7. The van der Waals surface area contributed by atoms with Crippen molar-refractivity contribution in [2.45, 2.75) is 46.6 Å². The van der Waals surface area contributed by atoms with Gasteiger partial charge in [0.15, 0.2) is 9.84 Å². The lowest BCUT2D eigenvalue weighted by Gasteiger charge is -2.30. The summed E-state index contributed by atoms with van der Waals surface area (Å²) in [7, 11) is -2.78. The molecule has 1 saturated heterocycles. The van der Waals surface area contributed by atoms with Crippen molar-refractivity contribution in [2.75, 3.05) is 18.1 Å². The van der Waals surface area contributed by atoms with Crippen molar-refractivity contribution in [2.24, 2.45) is 11.3 Å². The van der Waals surface area contributed by atoms with Gasteiger partial charge in [-0.05, 0) is 30.7 Å². The number of nitrogens with one attached hydrogen (secondary N) is 1. The highest BCUT2D eigenvalue weighted by Gasteiger charge is 2.26. The van der Waals surface area contributed by atoms with Gasteiger partial charge in [0.1, 0.15) is 0 Å². The van der Waals surface area contributed by atoms with E-state index in [4.69, 9.17) is 0 Å². The molecule has 0 aromatic carbocycles. The molecule has 0 aromatic rings. The van der Waals surface area contributed by atoms with Crippen molar-refractivity contribution in [3.63, 3.8) is 0 Å². The molecule has 0 spiro atoms. The van der Waals surface area contributed by atoms with Gasteiger partial charge >= 0.3 is 0 Å². The Morgan fingerprint density at radius 1 is 1.38 bits per heavy atom. The second-order valence-electron chi connectivity index (χ2n) is 6.13. The molecule has 0 radical (unpaired) electrons. The largest absolute Gasteiger partial charge is 0.313 e. The van der Waals surface area contributed by atoms with Crippen LogP contribution in [0.5, 0.6) is 0 Å². The Hall–Kier alpha value is -0.0900. The lowest BCUT2D eigenvalue weighted by molar-refractivity contribution is 0.245. The number of sulfone groups is 1. The Labute approximate surface area is 99.9 Å². The molecule has 3 nitrogen and oxygen atoms in total. The molecule has 2 unspecified atom stereocenters. The second kappa shape index (κ2) is 5.05. The van der Waals surface area contributed by atoms with Crippen LogP contribution < -0.4 is 5.32 Å². The molecule has 0 bridgehead atoms. The van der Waals surface area contributed by atoms with Gasteiger partial charge in [-0.1, -0.05) is 27.7 Å². The zero-order valence-electron chi connectivity index (χ0n) is 10.9. The molecule has 4 heteroatoms. The van der Waals surface area contributed by atoms with Crippen LogP contribution in [0.25, 0.3) is 0 Å². The van der Waals surface area contributed by atoms with Crippen molar-refractivity contribution >= 4 is 9.84 Å². The predicted molar refractivity (Wildman–Crippen MR) is 68.3 cm³/mol. The molecule has 16 heavy (non-hydrogen) atoms. The third-order valence-corrected chi connectivity index (χ3v) is 5.48. The van der Waals surface area contributed by atoms with Gasteiger partial charge in [0, 0.05) is 6.04 Å². The van der Waals surface area contributed by atoms with Gasteiger partial charge in [-0.2, -0.15) is 0 Å². The van der Waals surface area contributed by atoms with Gasteiger partial charge in [0.25, 0.3) is 0 Å². The lowest BCUT2D eigenvalue weighted by Crippen LogP contribution is -2.43. The highest BCUT2D eigenvalue weighted by atomic mass is 32.2. The molecular weight excluding hydrogens is 222 g/mol. The van der Waals surface area contributed by atoms with Crippen molar-refractivity contribution in [1.29, 1.82) is 0 Å². The molecule has 1 fully saturated rings. The van der Waals surface area contributed by atoms with Crippen molar-refractivity contribution in [3.8, 4) is 0 Å². The first-order chi connectivity index (χ1) is 7.21. The van der Waals surface area contributed by atoms with Crippen LogP contribution >= 0.6 is 0 Å². The maximum absolute atomic E-state index is 11.5. The fraction of sp³-hybridized carbons (Fsp3) is 1.00. The Balaban J connectivity index is 2.39. The van der Waals surface area contributed by atoms with E-state index < -0.39 is 9.84 Å². The van der Waals surface area contributed by atoms with Crippen LogP contribution in [0.3, 0.4) is 0 Å². The SMILES string of the molecule is CC(CNC1CCCS(=O)(=O)C1)C(C)(C)C. The van der Waals surface area contributed by atoms with E-state index in [-0.39, 0.29) is 11.5 Å². The third kappa shape index (κ3) is 4.42. The monoisotopic (exact) mass is 247 g/mol. The standard InChI is InChI=1S/C12H25NO2S/c1-10(12(2,3)4)8-13-11-6-5-7-16(14,15)9-11/h10-11,13H,5-9H2,1-4H3. The first-order valence-electron chi connectivity index (χ1n) is 6.14. The molecule has 1 heterocycles. The topological polar surface area (TPSA) is 46.2 Å². The van der Waals surface area contributed by atoms with E-state index in [9.17, 15) is 8.42 Å². The highest BCUT2D eigenvalue weighted by molar-refractivity contribution is 7.91. The quantitative estimate of drug-likeness (QED) is 0.827. The average Bonchev–Trinajstić information content (AvgIpc) is 2.11. The van der Waals surface area contributed by atoms with Crippen LogP contribution in [-0.2, 0) is 9.84 Å². The van der Waals surface area contributed by atoms with Crippen molar-refractivity contribution < 1.29 is 8.42 Å². The minimum Gasteiger partial charge on any atom is -0.313 e. The van der Waals surface area contributed by atoms with Gasteiger partial charge < -0.3 is 5.32 Å². The molecule has 0 saturated carbocycles. The molecule has 1 rings (SSSR count). The third-order valence-electron chi connectivity index (χ3n) is 3.65. The van der Waals surface area contributed by atoms with Crippen molar-refractivity contribution in [1.82, 2.24) is 5.32 Å². The Kier molecular flexibility index (Phi) is 4.41. The van der Waals surface area contributed by atoms with Crippen LogP contribution in [0.15, 0.2) is 0 Å². The molecule has 0 aromatic heterocycles. The molecule has 1 N–H and O–H groups in total. The number of hydrogen-bond donors (Lipinski definition) is 1. The van der Waals surface area contributed by atoms with E-state index in [0.29, 0.717) is 17.4 Å². The number of rotatable bonds is 3. The second-order valence-corrected chi connectivity index (χ2v) is 8.36. The van der Waals surface area contributed by atoms with E-state index in [1.807, 2.05) is 0 Å². The van der Waals surface area contributed by atoms with Crippen LogP contribution in [0.4, 0.5) is 0 Å². The molecule has 1 aliphatic heterocycles. The van der Waals surface area contributed by atoms with E-state index in [2.05, 4.69) is 33.0 Å². The summed E-state index contributed by atoms with van der Waals surface area (Å²) >= 11 is 0. The molecule has 2 atom stereocenters. The van der Waals surface area contributed by atoms with E-state index >= 15 is 0 Å². The zero-order chi connectivity index (χ0) is 12.4. The van der Waals surface area contributed by atoms with Gasteiger partial charge in [-0.3, -0.25) is 0 Å². The van der Waals surface area contributed by atoms with Crippen LogP contribution in [0.2, 0.25) is 0 Å². The minimum absolute atomic E-state index is 0.170. The van der Waals surface area contributed by atoms with Crippen LogP contribution in [0.1, 0.15) is 40.5 Å². The summed E-state index contributed by atoms with van der Waals surface area (Å²) in [6, 6.07) is 0.170. The summed E-state index contributed by atoms with van der Waals surface area (Å²) < 4.78 is 22.9. The van der Waals surface area contributed by atoms with Gasteiger partial charge in [0.2, 0.25) is 0 Å². The molecular formula is C12H25NO2S. The normalized spacial score (nSPS) is 27.6. The summed E-state index contributed by atoms with van der Waals surface area (Å²) in [5.41, 5.74) is 0.278. The van der Waals surface area contributed by atoms with E-state index in [1.165, 1.54) is 0 Å². The summed E-state index contributed by atoms with van der Waals surface area (Å²) in [6.45, 7) is 9.78. The van der Waals surface area contributed by atoms with Crippen LogP contribution in [-0.4, -0.2) is 32.5 Å². The lowest BCUT2D eigenvalue weighted by atomic mass is 9.82. The van der Waals surface area contributed by atoms with E-state index in [1.54, 1.807) is 0 Å². The van der Waals surface area contributed by atoms with Crippen molar-refractivity contribution in [3.05, 3.63) is 0 Å². The minimum atomic E-state index is -2.78. The van der Waals surface area contributed by atoms with Gasteiger partial charge in [0.05, 0.1) is 11.5 Å². The van der Waals surface area contributed by atoms with Gasteiger partial charge in [-0.15, -0.1) is 0 Å². The average molecular weight is 247 g/mol. The fourth-order valence-electron chi connectivity index (χ4n) is 1.83. The summed E-state index contributed by atoms with van der Waals surface area (Å²) in [5.74, 6) is 1.25. The smallest absolute Gasteiger partial charge is 0.151 e.